The van der Waals surface area contributed by atoms with Gasteiger partial charge in [0.2, 0.25) is 15.9 Å². The first-order valence-corrected chi connectivity index (χ1v) is 11.4. The lowest BCUT2D eigenvalue weighted by Gasteiger charge is -2.25. The molecule has 0 bridgehead atoms. The third-order valence-electron chi connectivity index (χ3n) is 5.40. The van der Waals surface area contributed by atoms with Crippen LogP contribution in [0.3, 0.4) is 0 Å². The number of benzene rings is 2. The Morgan fingerprint density at radius 3 is 2.29 bits per heavy atom. The summed E-state index contributed by atoms with van der Waals surface area (Å²) in [7, 11) is -3.83. The number of halogens is 1. The van der Waals surface area contributed by atoms with Gasteiger partial charge in [0, 0.05) is 11.1 Å². The Balaban J connectivity index is 1.82. The maximum absolute atomic E-state index is 13.5. The normalized spacial score (nSPS) is 14.0. The smallest absolute Gasteiger partial charge is 0.238 e. The third-order valence-corrected chi connectivity index (χ3v) is 6.33. The molecule has 0 amide bonds. The molecule has 0 atom stereocenters. The van der Waals surface area contributed by atoms with Crippen LogP contribution in [0.15, 0.2) is 59.5 Å². The van der Waals surface area contributed by atoms with Crippen molar-refractivity contribution < 1.29 is 17.5 Å². The van der Waals surface area contributed by atoms with Gasteiger partial charge in [0.1, 0.15) is 17.4 Å². The Labute approximate surface area is 180 Å². The maximum atomic E-state index is 13.5. The van der Waals surface area contributed by atoms with E-state index in [4.69, 9.17) is 9.88 Å². The van der Waals surface area contributed by atoms with Gasteiger partial charge in [-0.1, -0.05) is 18.6 Å². The molecule has 31 heavy (non-hydrogen) atoms. The number of ether oxygens (including phenoxy) is 1. The number of hydrogen-bond donors (Lipinski definition) is 1. The van der Waals surface area contributed by atoms with E-state index < -0.39 is 10.0 Å². The minimum absolute atomic E-state index is 0.0199. The van der Waals surface area contributed by atoms with Crippen LogP contribution in [0, 0.1) is 23.1 Å². The van der Waals surface area contributed by atoms with Crippen LogP contribution in [0.25, 0.3) is 22.4 Å². The Morgan fingerprint density at radius 1 is 1.10 bits per heavy atom. The average molecular weight is 437 g/mol. The van der Waals surface area contributed by atoms with Gasteiger partial charge in [0.25, 0.3) is 0 Å². The first kappa shape index (κ1) is 21.0. The average Bonchev–Trinajstić information content (AvgIpc) is 2.72. The van der Waals surface area contributed by atoms with Gasteiger partial charge in [0.05, 0.1) is 17.2 Å². The molecule has 1 fully saturated rings. The molecule has 6 nitrogen and oxygen atoms in total. The van der Waals surface area contributed by atoms with Crippen LogP contribution in [0.1, 0.15) is 24.8 Å². The van der Waals surface area contributed by atoms with Crippen LogP contribution >= 0.6 is 0 Å². The Bertz CT molecular complexity index is 1250. The molecule has 0 aliphatic heterocycles. The van der Waals surface area contributed by atoms with E-state index in [0.717, 1.165) is 12.8 Å². The summed E-state index contributed by atoms with van der Waals surface area (Å²) in [6.45, 7) is 0.493. The fraction of sp³-hybridized carbons (Fsp3) is 0.217. The SMILES string of the molecule is N#Cc1cc(-c2ccc(S(N)(=O)=O)cc2)c(-c2ccc(F)cc2)nc1OCC1CCC1. The number of nitrogens with two attached hydrogens (primary N) is 1. The molecule has 2 aromatic carbocycles. The van der Waals surface area contributed by atoms with E-state index in [-0.39, 0.29) is 22.2 Å². The molecular weight excluding hydrogens is 417 g/mol. The summed E-state index contributed by atoms with van der Waals surface area (Å²) in [5.74, 6) is 0.324. The summed E-state index contributed by atoms with van der Waals surface area (Å²) < 4.78 is 42.5. The number of pyridine rings is 1. The molecule has 3 aromatic rings. The second-order valence-electron chi connectivity index (χ2n) is 7.53. The lowest BCUT2D eigenvalue weighted by molar-refractivity contribution is 0.175. The molecule has 2 N–H and O–H groups in total. The summed E-state index contributed by atoms with van der Waals surface area (Å²) in [6.07, 6.45) is 3.38. The van der Waals surface area contributed by atoms with Crippen LogP contribution in [0.4, 0.5) is 4.39 Å². The van der Waals surface area contributed by atoms with Crippen molar-refractivity contribution in [3.05, 3.63) is 66.0 Å². The van der Waals surface area contributed by atoms with Gasteiger partial charge in [-0.2, -0.15) is 5.26 Å². The van der Waals surface area contributed by atoms with Crippen molar-refractivity contribution >= 4 is 10.0 Å². The molecule has 1 saturated carbocycles. The number of rotatable bonds is 6. The molecule has 1 aromatic heterocycles. The molecule has 8 heteroatoms. The highest BCUT2D eigenvalue weighted by Gasteiger charge is 2.21. The molecule has 0 saturated heterocycles. The highest BCUT2D eigenvalue weighted by molar-refractivity contribution is 7.89. The van der Waals surface area contributed by atoms with Gasteiger partial charge in [-0.05, 0) is 66.8 Å². The van der Waals surface area contributed by atoms with Crippen LogP contribution < -0.4 is 9.88 Å². The Kier molecular flexibility index (Phi) is 5.72. The molecule has 0 spiro atoms. The highest BCUT2D eigenvalue weighted by atomic mass is 32.2. The van der Waals surface area contributed by atoms with E-state index in [1.165, 1.54) is 30.7 Å². The van der Waals surface area contributed by atoms with Gasteiger partial charge in [0.15, 0.2) is 0 Å². The van der Waals surface area contributed by atoms with Crippen molar-refractivity contribution in [3.63, 3.8) is 0 Å². The van der Waals surface area contributed by atoms with Gasteiger partial charge < -0.3 is 4.74 Å². The number of hydrogen-bond acceptors (Lipinski definition) is 5. The molecule has 1 aliphatic rings. The minimum Gasteiger partial charge on any atom is -0.476 e. The number of aromatic nitrogens is 1. The van der Waals surface area contributed by atoms with E-state index in [9.17, 15) is 18.1 Å². The molecular formula is C23H20FN3O3S. The Hall–Kier alpha value is -3.28. The topological polar surface area (TPSA) is 106 Å². The number of sulfonamides is 1. The van der Waals surface area contributed by atoms with E-state index in [1.807, 2.05) is 0 Å². The number of nitrogens with zero attached hydrogens (tertiary/aromatic N) is 2. The van der Waals surface area contributed by atoms with Crippen LogP contribution in [-0.4, -0.2) is 20.0 Å². The summed E-state index contributed by atoms with van der Waals surface area (Å²) in [5, 5.41) is 14.8. The fourth-order valence-electron chi connectivity index (χ4n) is 3.41. The highest BCUT2D eigenvalue weighted by Crippen LogP contribution is 2.36. The van der Waals surface area contributed by atoms with Crippen LogP contribution in [0.5, 0.6) is 5.88 Å². The molecule has 0 unspecified atom stereocenters. The van der Waals surface area contributed by atoms with E-state index >= 15 is 0 Å². The standard InChI is InChI=1S/C23H20FN3O3S/c24-19-8-4-17(5-9-19)22-21(16-6-10-20(11-7-16)31(26,28)29)12-18(13-25)23(27-22)30-14-15-2-1-3-15/h4-12,15H,1-3,14H2,(H2,26,28,29). The summed E-state index contributed by atoms with van der Waals surface area (Å²) in [5.41, 5.74) is 2.66. The quantitative estimate of drug-likeness (QED) is 0.620. The zero-order valence-electron chi connectivity index (χ0n) is 16.6. The largest absolute Gasteiger partial charge is 0.476 e. The second kappa shape index (κ2) is 8.46. The predicted molar refractivity (Wildman–Crippen MR) is 114 cm³/mol. The minimum atomic E-state index is -3.83. The fourth-order valence-corrected chi connectivity index (χ4v) is 3.93. The summed E-state index contributed by atoms with van der Waals surface area (Å²) in [4.78, 5) is 4.59. The van der Waals surface area contributed by atoms with Gasteiger partial charge >= 0.3 is 0 Å². The molecule has 0 radical (unpaired) electrons. The summed E-state index contributed by atoms with van der Waals surface area (Å²) in [6, 6.07) is 15.6. The predicted octanol–water partition coefficient (Wildman–Crippen LogP) is 4.25. The number of primary sulfonamides is 1. The van der Waals surface area contributed by atoms with Gasteiger partial charge in [-0.25, -0.2) is 22.9 Å². The zero-order valence-corrected chi connectivity index (χ0v) is 17.4. The van der Waals surface area contributed by atoms with Crippen molar-refractivity contribution in [2.45, 2.75) is 24.2 Å². The monoisotopic (exact) mass is 437 g/mol. The molecule has 1 aliphatic carbocycles. The Morgan fingerprint density at radius 2 is 1.74 bits per heavy atom. The number of nitriles is 1. The van der Waals surface area contributed by atoms with Crippen molar-refractivity contribution in [1.82, 2.24) is 4.98 Å². The van der Waals surface area contributed by atoms with E-state index in [2.05, 4.69) is 11.1 Å². The van der Waals surface area contributed by atoms with Crippen molar-refractivity contribution in [2.24, 2.45) is 11.1 Å². The molecule has 158 valence electrons. The van der Waals surface area contributed by atoms with Crippen LogP contribution in [0.2, 0.25) is 0 Å². The molecule has 4 rings (SSSR count). The second-order valence-corrected chi connectivity index (χ2v) is 9.09. The van der Waals surface area contributed by atoms with Crippen LogP contribution in [-0.2, 0) is 10.0 Å². The van der Waals surface area contributed by atoms with Crippen molar-refractivity contribution in [2.75, 3.05) is 6.61 Å². The zero-order chi connectivity index (χ0) is 22.0. The molecule has 1 heterocycles. The van der Waals surface area contributed by atoms with E-state index in [1.54, 1.807) is 30.3 Å². The maximum Gasteiger partial charge on any atom is 0.238 e. The van der Waals surface area contributed by atoms with Crippen molar-refractivity contribution in [1.29, 1.82) is 5.26 Å². The van der Waals surface area contributed by atoms with Gasteiger partial charge in [-0.3, -0.25) is 0 Å². The first-order valence-electron chi connectivity index (χ1n) is 9.82. The lowest BCUT2D eigenvalue weighted by Crippen LogP contribution is -2.20. The first-order chi connectivity index (χ1) is 14.8. The third kappa shape index (κ3) is 4.58. The lowest BCUT2D eigenvalue weighted by atomic mass is 9.86. The van der Waals surface area contributed by atoms with Crippen molar-refractivity contribution in [3.8, 4) is 34.3 Å². The van der Waals surface area contributed by atoms with Gasteiger partial charge in [-0.15, -0.1) is 0 Å². The summed E-state index contributed by atoms with van der Waals surface area (Å²) >= 11 is 0. The van der Waals surface area contributed by atoms with E-state index in [0.29, 0.717) is 34.9 Å².